The van der Waals surface area contributed by atoms with Gasteiger partial charge in [0.05, 0.1) is 5.52 Å². The number of aromatic amines is 1. The minimum Gasteiger partial charge on any atom is -0.476 e. The summed E-state index contributed by atoms with van der Waals surface area (Å²) in [6.45, 7) is 4.83. The lowest BCUT2D eigenvalue weighted by Crippen LogP contribution is -2.63. The highest BCUT2D eigenvalue weighted by molar-refractivity contribution is 7.14. The minimum atomic E-state index is -1.03. The number of benzene rings is 1. The molecule has 6 nitrogen and oxygen atoms in total. The van der Waals surface area contributed by atoms with Crippen LogP contribution in [0.25, 0.3) is 21.5 Å². The molecule has 0 radical (unpaired) electrons. The summed E-state index contributed by atoms with van der Waals surface area (Å²) in [5, 5.41) is 17.0. The molecule has 1 aromatic carbocycles. The number of rotatable bonds is 2. The second kappa shape index (κ2) is 6.14. The Balaban J connectivity index is 0.000000146. The van der Waals surface area contributed by atoms with Crippen LogP contribution in [0, 0.1) is 12.8 Å². The molecular formula is C20H22N4O2S. The molecule has 7 heteroatoms. The van der Waals surface area contributed by atoms with Crippen molar-refractivity contribution < 1.29 is 9.90 Å². The Labute approximate surface area is 161 Å². The van der Waals surface area contributed by atoms with Crippen LogP contribution in [0.2, 0.25) is 0 Å². The van der Waals surface area contributed by atoms with Crippen molar-refractivity contribution in [2.24, 2.45) is 5.92 Å². The average Bonchev–Trinajstić information content (AvgIpc) is 3.26. The number of hydrogen-bond acceptors (Lipinski definition) is 5. The molecule has 3 aliphatic rings. The molecule has 2 aromatic heterocycles. The van der Waals surface area contributed by atoms with Gasteiger partial charge in [0.25, 0.3) is 0 Å². The van der Waals surface area contributed by atoms with Gasteiger partial charge in [0.1, 0.15) is 5.01 Å². The molecule has 4 heterocycles. The number of fused-ring (bicyclic) bond motifs is 1. The first-order valence-corrected chi connectivity index (χ1v) is 10.3. The van der Waals surface area contributed by atoms with Crippen LogP contribution in [0.5, 0.6) is 0 Å². The number of aromatic nitrogens is 3. The van der Waals surface area contributed by atoms with Gasteiger partial charge < -0.3 is 5.11 Å². The molecule has 2 saturated heterocycles. The number of H-pyrrole nitrogens is 1. The van der Waals surface area contributed by atoms with E-state index >= 15 is 0 Å². The first kappa shape index (κ1) is 16.9. The largest absolute Gasteiger partial charge is 0.476 e. The normalized spacial score (nSPS) is 25.7. The first-order chi connectivity index (χ1) is 13.1. The topological polar surface area (TPSA) is 82.1 Å². The van der Waals surface area contributed by atoms with E-state index in [0.29, 0.717) is 10.9 Å². The lowest BCUT2D eigenvalue weighted by molar-refractivity contribution is -0.0659. The van der Waals surface area contributed by atoms with Crippen molar-refractivity contribution in [3.8, 4) is 10.6 Å². The maximum absolute atomic E-state index is 10.9. The van der Waals surface area contributed by atoms with E-state index in [1.165, 1.54) is 38.8 Å². The number of thiazole rings is 1. The maximum atomic E-state index is 10.9. The van der Waals surface area contributed by atoms with Gasteiger partial charge in [-0.3, -0.25) is 10.00 Å². The second-order valence-electron chi connectivity index (χ2n) is 7.78. The second-order valence-corrected chi connectivity index (χ2v) is 9.01. The van der Waals surface area contributed by atoms with Gasteiger partial charge in [-0.15, -0.1) is 11.3 Å². The zero-order valence-corrected chi connectivity index (χ0v) is 16.1. The van der Waals surface area contributed by atoms with E-state index < -0.39 is 5.97 Å². The Morgan fingerprint density at radius 1 is 1.33 bits per heavy atom. The number of nitrogens with one attached hydrogen (secondary N) is 1. The van der Waals surface area contributed by atoms with Crippen LogP contribution in [0.4, 0.5) is 0 Å². The smallest absolute Gasteiger partial charge is 0.357 e. The van der Waals surface area contributed by atoms with E-state index in [-0.39, 0.29) is 5.69 Å². The third-order valence-corrected chi connectivity index (χ3v) is 7.47. The van der Waals surface area contributed by atoms with E-state index in [1.807, 2.05) is 25.3 Å². The lowest BCUT2D eigenvalue weighted by atomic mass is 9.62. The fourth-order valence-electron chi connectivity index (χ4n) is 4.85. The van der Waals surface area contributed by atoms with Gasteiger partial charge in [-0.25, -0.2) is 9.78 Å². The molecule has 2 atom stereocenters. The Morgan fingerprint density at radius 3 is 2.78 bits per heavy atom. The fraction of sp³-hybridized carbons (Fsp3) is 0.450. The molecule has 0 bridgehead atoms. The van der Waals surface area contributed by atoms with Crippen LogP contribution >= 0.6 is 11.3 Å². The summed E-state index contributed by atoms with van der Waals surface area (Å²) in [6, 6.07) is 5.49. The first-order valence-electron chi connectivity index (χ1n) is 9.46. The maximum Gasteiger partial charge on any atom is 0.357 e. The molecule has 0 amide bonds. The van der Waals surface area contributed by atoms with Crippen LogP contribution in [-0.2, 0) is 0 Å². The monoisotopic (exact) mass is 382 g/mol. The van der Waals surface area contributed by atoms with E-state index in [9.17, 15) is 4.79 Å². The predicted molar refractivity (Wildman–Crippen MR) is 105 cm³/mol. The van der Waals surface area contributed by atoms with Crippen LogP contribution in [0.1, 0.15) is 41.0 Å². The molecule has 1 saturated carbocycles. The highest BCUT2D eigenvalue weighted by Crippen LogP contribution is 2.57. The Hall–Kier alpha value is -2.25. The van der Waals surface area contributed by atoms with Crippen molar-refractivity contribution in [3.05, 3.63) is 35.0 Å². The summed E-state index contributed by atoms with van der Waals surface area (Å²) in [5.41, 5.74) is 2.52. The third-order valence-electron chi connectivity index (χ3n) is 6.51. The van der Waals surface area contributed by atoms with Crippen LogP contribution < -0.4 is 0 Å². The van der Waals surface area contributed by atoms with Crippen molar-refractivity contribution >= 4 is 28.2 Å². The lowest BCUT2D eigenvalue weighted by Gasteiger charge is -2.58. The molecule has 3 fully saturated rings. The van der Waals surface area contributed by atoms with E-state index in [2.05, 4.69) is 20.1 Å². The fourth-order valence-corrected chi connectivity index (χ4v) is 5.61. The molecule has 140 valence electrons. The van der Waals surface area contributed by atoms with Gasteiger partial charge in [-0.1, -0.05) is 6.07 Å². The zero-order chi connectivity index (χ0) is 18.6. The summed E-state index contributed by atoms with van der Waals surface area (Å²) < 4.78 is 0. The van der Waals surface area contributed by atoms with Crippen molar-refractivity contribution in [2.45, 2.75) is 38.1 Å². The van der Waals surface area contributed by atoms with Gasteiger partial charge >= 0.3 is 5.97 Å². The molecule has 1 aliphatic carbocycles. The molecule has 1 spiro atoms. The van der Waals surface area contributed by atoms with Gasteiger partial charge in [-0.05, 0) is 57.2 Å². The molecule has 2 unspecified atom stereocenters. The van der Waals surface area contributed by atoms with Gasteiger partial charge in [0.2, 0.25) is 0 Å². The summed E-state index contributed by atoms with van der Waals surface area (Å²) in [7, 11) is 0. The highest BCUT2D eigenvalue weighted by atomic mass is 32.1. The summed E-state index contributed by atoms with van der Waals surface area (Å²) in [5.74, 6) is 0.102. The van der Waals surface area contributed by atoms with Crippen molar-refractivity contribution in [1.82, 2.24) is 20.1 Å². The quantitative estimate of drug-likeness (QED) is 0.702. The van der Waals surface area contributed by atoms with Gasteiger partial charge in [0.15, 0.2) is 5.69 Å². The minimum absolute atomic E-state index is 0.0480. The number of carboxylic acids is 1. The number of aryl methyl sites for hydroxylation is 1. The predicted octanol–water partition coefficient (Wildman–Crippen LogP) is 3.94. The van der Waals surface area contributed by atoms with Crippen LogP contribution in [0.15, 0.2) is 24.4 Å². The number of nitrogens with zero attached hydrogens (tertiary/aromatic N) is 3. The van der Waals surface area contributed by atoms with Crippen molar-refractivity contribution in [2.75, 3.05) is 13.1 Å². The molecular weight excluding hydrogens is 360 g/mol. The summed E-state index contributed by atoms with van der Waals surface area (Å²) in [4.78, 5) is 19.1. The number of carbonyl (C=O) groups is 1. The van der Waals surface area contributed by atoms with Crippen LogP contribution in [0.3, 0.4) is 0 Å². The molecule has 27 heavy (non-hydrogen) atoms. The van der Waals surface area contributed by atoms with E-state index in [4.69, 9.17) is 5.11 Å². The Kier molecular flexibility index (Phi) is 3.84. The van der Waals surface area contributed by atoms with E-state index in [0.717, 1.165) is 26.9 Å². The number of aromatic carboxylic acids is 1. The molecule has 2 N–H and O–H groups in total. The number of carboxylic acid groups (broad SMARTS) is 1. The SMILES string of the molecule is C1CN2CCC23CCC13.Cc1cnc(-c2ccc3c(C(=O)O)n[nH]c3c2)s1. The van der Waals surface area contributed by atoms with Crippen molar-refractivity contribution in [3.63, 3.8) is 0 Å². The standard InChI is InChI=1S/C12H9N3O2S.C8H13N/c1-6-5-13-11(18-6)7-2-3-8-9(4-7)14-15-10(8)12(16)17;1-3-8-4-6-9(8)5-2-7(1)8/h2-5H,1H3,(H,14,15)(H,16,17);7H,1-6H2. The van der Waals surface area contributed by atoms with Gasteiger partial charge in [0, 0.05) is 34.1 Å². The highest BCUT2D eigenvalue weighted by Gasteiger charge is 2.59. The summed E-state index contributed by atoms with van der Waals surface area (Å²) in [6.07, 6.45) is 7.92. The zero-order valence-electron chi connectivity index (χ0n) is 15.2. The van der Waals surface area contributed by atoms with Crippen LogP contribution in [-0.4, -0.2) is 49.8 Å². The molecule has 6 rings (SSSR count). The Morgan fingerprint density at radius 2 is 2.22 bits per heavy atom. The Bertz CT molecular complexity index is 1010. The number of hydrogen-bond donors (Lipinski definition) is 2. The third kappa shape index (κ3) is 2.60. The van der Waals surface area contributed by atoms with Crippen molar-refractivity contribution in [1.29, 1.82) is 0 Å². The van der Waals surface area contributed by atoms with Gasteiger partial charge in [-0.2, -0.15) is 5.10 Å². The average molecular weight is 382 g/mol. The molecule has 2 aliphatic heterocycles. The molecule has 3 aromatic rings. The van der Waals surface area contributed by atoms with E-state index in [1.54, 1.807) is 17.4 Å². The summed E-state index contributed by atoms with van der Waals surface area (Å²) >= 11 is 1.60.